The summed E-state index contributed by atoms with van der Waals surface area (Å²) in [5.74, 6) is 0. The van der Waals surface area contributed by atoms with Gasteiger partial charge in [-0.2, -0.15) is 5.56 Å². The van der Waals surface area contributed by atoms with E-state index in [0.29, 0.717) is 5.56 Å². The van der Waals surface area contributed by atoms with Crippen molar-refractivity contribution < 1.29 is 32.7 Å². The molecule has 0 N–H and O–H groups in total. The van der Waals surface area contributed by atoms with Crippen LogP contribution in [0.5, 0.6) is 0 Å². The average Bonchev–Trinajstić information content (AvgIpc) is 2.43. The number of allylic oxidation sites excluding steroid dienone is 1. The van der Waals surface area contributed by atoms with Gasteiger partial charge in [0.05, 0.1) is 0 Å². The van der Waals surface area contributed by atoms with Gasteiger partial charge in [-0.1, -0.05) is 36.4 Å². The first-order valence-corrected chi connectivity index (χ1v) is 5.55. The van der Waals surface area contributed by atoms with Crippen molar-refractivity contribution in [1.29, 1.82) is 0 Å². The summed E-state index contributed by atoms with van der Waals surface area (Å²) in [6, 6.07) is 21.5. The van der Waals surface area contributed by atoms with Crippen molar-refractivity contribution in [2.75, 3.05) is 0 Å². The molecule has 0 aliphatic heterocycles. The fourth-order valence-corrected chi connectivity index (χ4v) is 1.28. The maximum absolute atomic E-state index is 9.61. The fraction of sp³-hybridized carbons (Fsp3) is 0.0625. The van der Waals surface area contributed by atoms with Gasteiger partial charge in [-0.25, -0.2) is 6.08 Å². The molecule has 19 heavy (non-hydrogen) atoms. The van der Waals surface area contributed by atoms with E-state index in [1.807, 2.05) is 49.4 Å². The van der Waals surface area contributed by atoms with Gasteiger partial charge in [0, 0.05) is 37.7 Å². The monoisotopic (exact) mass is 325 g/mol. The quantitative estimate of drug-likeness (QED) is 0.564. The Balaban J connectivity index is 0.000000324. The Morgan fingerprint density at radius 1 is 1.00 bits per heavy atom. The standard InChI is InChI=1S/C9H9.C7H5NO.Y/c1-2-6-9-7-4-3-5-8-9;9-8-6-7-4-2-1-3-5-7;/h3-8H,1H3;1-5H;/q-1;;. The summed E-state index contributed by atoms with van der Waals surface area (Å²) in [7, 11) is 0. The minimum absolute atomic E-state index is 0. The smallest absolute Gasteiger partial charge is 0.336 e. The molecular weight excluding hydrogens is 311 g/mol. The first-order valence-electron chi connectivity index (χ1n) is 5.55. The van der Waals surface area contributed by atoms with Crippen LogP contribution in [-0.4, -0.2) is 0 Å². The molecule has 0 heterocycles. The number of rotatable bonds is 1. The number of nitrogens with zero attached hydrogens (tertiary/aromatic N) is 1. The van der Waals surface area contributed by atoms with Crippen LogP contribution < -0.4 is 0 Å². The first kappa shape index (κ1) is 17.6. The van der Waals surface area contributed by atoms with Gasteiger partial charge < -0.3 is 5.21 Å². The van der Waals surface area contributed by atoms with Gasteiger partial charge in [0.2, 0.25) is 0 Å². The summed E-state index contributed by atoms with van der Waals surface area (Å²) >= 11 is 0. The van der Waals surface area contributed by atoms with E-state index >= 15 is 0 Å². The van der Waals surface area contributed by atoms with Crippen LogP contribution in [0.2, 0.25) is 0 Å². The van der Waals surface area contributed by atoms with Gasteiger partial charge in [0.15, 0.2) is 0 Å². The molecule has 1 radical (unpaired) electrons. The van der Waals surface area contributed by atoms with Crippen molar-refractivity contribution in [3.8, 4) is 6.07 Å². The summed E-state index contributed by atoms with van der Waals surface area (Å²) in [6.07, 6.45) is 4.92. The Morgan fingerprint density at radius 3 is 2.00 bits per heavy atom. The van der Waals surface area contributed by atoms with Crippen molar-refractivity contribution in [3.63, 3.8) is 0 Å². The number of benzene rings is 2. The molecule has 0 aromatic heterocycles. The predicted octanol–water partition coefficient (Wildman–Crippen LogP) is 4.39. The zero-order valence-electron chi connectivity index (χ0n) is 10.8. The maximum Gasteiger partial charge on any atom is 0.336 e. The van der Waals surface area contributed by atoms with Gasteiger partial charge in [-0.3, -0.25) is 6.08 Å². The van der Waals surface area contributed by atoms with Gasteiger partial charge in [0.25, 0.3) is 0 Å². The van der Waals surface area contributed by atoms with Crippen LogP contribution in [0.4, 0.5) is 0 Å². The molecule has 0 bridgehead atoms. The van der Waals surface area contributed by atoms with E-state index in [1.165, 1.54) is 5.56 Å². The topological polar surface area (TPSA) is 27.4 Å². The molecule has 3 heteroatoms. The third kappa shape index (κ3) is 8.32. The Labute approximate surface area is 139 Å². The van der Waals surface area contributed by atoms with Gasteiger partial charge in [-0.05, 0) is 12.1 Å². The van der Waals surface area contributed by atoms with E-state index in [0.717, 1.165) is 0 Å². The van der Waals surface area contributed by atoms with E-state index in [4.69, 9.17) is 0 Å². The molecule has 0 saturated carbocycles. The van der Waals surface area contributed by atoms with Crippen LogP contribution in [0.3, 0.4) is 0 Å². The molecule has 0 unspecified atom stereocenters. The largest absolute Gasteiger partial charge is 0.498 e. The summed E-state index contributed by atoms with van der Waals surface area (Å²) in [5, 5.41) is 12.1. The predicted molar refractivity (Wildman–Crippen MR) is 76.0 cm³/mol. The molecule has 0 aliphatic carbocycles. The van der Waals surface area contributed by atoms with Crippen LogP contribution in [-0.2, 0) is 32.7 Å². The SMILES string of the molecule is C[C-]=Cc1ccccc1.[O-][N+]#Cc1ccccc1.[Y]. The van der Waals surface area contributed by atoms with Crippen LogP contribution >= 0.6 is 0 Å². The Bertz CT molecular complexity index is 527. The minimum atomic E-state index is 0. The molecule has 0 saturated heterocycles. The Hall–Kier alpha value is -1.43. The molecular formula is C16H14NOY-. The third-order valence-corrected chi connectivity index (χ3v) is 2.06. The normalized spacial score (nSPS) is 8.47. The van der Waals surface area contributed by atoms with Crippen LogP contribution in [0.25, 0.3) is 11.1 Å². The van der Waals surface area contributed by atoms with E-state index in [9.17, 15) is 5.21 Å². The van der Waals surface area contributed by atoms with Gasteiger partial charge in [-0.15, -0.1) is 19.1 Å². The number of hydrogen-bond donors (Lipinski definition) is 0. The van der Waals surface area contributed by atoms with Crippen LogP contribution in [0.15, 0.2) is 60.7 Å². The molecule has 2 aromatic rings. The Kier molecular flexibility index (Phi) is 10.8. The van der Waals surface area contributed by atoms with Crippen molar-refractivity contribution in [2.45, 2.75) is 6.92 Å². The molecule has 0 amide bonds. The first-order chi connectivity index (χ1) is 8.86. The molecule has 2 rings (SSSR count). The third-order valence-electron chi connectivity index (χ3n) is 2.06. The molecule has 0 fully saturated rings. The van der Waals surface area contributed by atoms with E-state index in [2.05, 4.69) is 29.3 Å². The van der Waals surface area contributed by atoms with E-state index < -0.39 is 0 Å². The zero-order chi connectivity index (χ0) is 13.1. The van der Waals surface area contributed by atoms with Crippen molar-refractivity contribution >= 4 is 6.08 Å². The van der Waals surface area contributed by atoms with Gasteiger partial charge >= 0.3 is 6.07 Å². The summed E-state index contributed by atoms with van der Waals surface area (Å²) < 4.78 is 0. The average molecular weight is 325 g/mol. The molecule has 0 atom stereocenters. The summed E-state index contributed by atoms with van der Waals surface area (Å²) in [4.78, 5) is 0. The zero-order valence-corrected chi connectivity index (χ0v) is 13.6. The second kappa shape index (κ2) is 11.7. The molecule has 93 valence electrons. The second-order valence-corrected chi connectivity index (χ2v) is 3.41. The molecule has 0 spiro atoms. The molecule has 0 aliphatic rings. The fourth-order valence-electron chi connectivity index (χ4n) is 1.28. The minimum Gasteiger partial charge on any atom is -0.498 e. The Morgan fingerprint density at radius 2 is 1.53 bits per heavy atom. The van der Waals surface area contributed by atoms with Crippen LogP contribution in [0.1, 0.15) is 18.1 Å². The summed E-state index contributed by atoms with van der Waals surface area (Å²) in [6.45, 7) is 1.90. The van der Waals surface area contributed by atoms with Crippen molar-refractivity contribution in [1.82, 2.24) is 0 Å². The van der Waals surface area contributed by atoms with Crippen molar-refractivity contribution in [2.24, 2.45) is 0 Å². The van der Waals surface area contributed by atoms with Crippen molar-refractivity contribution in [3.05, 3.63) is 88.1 Å². The molecule has 2 nitrogen and oxygen atoms in total. The second-order valence-electron chi connectivity index (χ2n) is 3.41. The van der Waals surface area contributed by atoms with Crippen LogP contribution in [0, 0.1) is 17.4 Å². The molecule has 2 aromatic carbocycles. The number of hydrogen-bond acceptors (Lipinski definition) is 1. The van der Waals surface area contributed by atoms with E-state index in [-0.39, 0.29) is 32.7 Å². The summed E-state index contributed by atoms with van der Waals surface area (Å²) in [5.41, 5.74) is 1.92. The maximum atomic E-state index is 9.61. The van der Waals surface area contributed by atoms with Gasteiger partial charge in [0.1, 0.15) is 5.56 Å². The van der Waals surface area contributed by atoms with E-state index in [1.54, 1.807) is 12.1 Å².